The van der Waals surface area contributed by atoms with Crippen LogP contribution in [0, 0.1) is 13.8 Å². The Morgan fingerprint density at radius 3 is 1.95 bits per heavy atom. The number of nitrogens with zero attached hydrogens (tertiary/aromatic N) is 2. The number of aryl methyl sites for hydroxylation is 2. The molecule has 0 aliphatic rings. The Labute approximate surface area is 125 Å². The molecule has 21 heavy (non-hydrogen) atoms. The third-order valence-corrected chi connectivity index (χ3v) is 3.24. The Bertz CT molecular complexity index is 600. The van der Waals surface area contributed by atoms with Gasteiger partial charge in [-0.3, -0.25) is 9.69 Å². The third-order valence-electron chi connectivity index (χ3n) is 3.24. The van der Waals surface area contributed by atoms with Gasteiger partial charge in [0.2, 0.25) is 5.91 Å². The van der Waals surface area contributed by atoms with Gasteiger partial charge in [0.15, 0.2) is 0 Å². The van der Waals surface area contributed by atoms with Gasteiger partial charge in [-0.1, -0.05) is 0 Å². The van der Waals surface area contributed by atoms with Crippen LogP contribution in [0.2, 0.25) is 0 Å². The van der Waals surface area contributed by atoms with E-state index >= 15 is 0 Å². The molecule has 2 aromatic heterocycles. The summed E-state index contributed by atoms with van der Waals surface area (Å²) >= 11 is 0. The Balaban J connectivity index is 1.82. The minimum atomic E-state index is 0.0508. The molecule has 2 rings (SSSR count). The Kier molecular flexibility index (Phi) is 4.85. The van der Waals surface area contributed by atoms with Crippen LogP contribution in [0.15, 0.2) is 33.1 Å². The van der Waals surface area contributed by atoms with Gasteiger partial charge in [-0.2, -0.15) is 0 Å². The van der Waals surface area contributed by atoms with Crippen molar-refractivity contribution in [2.45, 2.75) is 26.9 Å². The van der Waals surface area contributed by atoms with E-state index in [1.54, 1.807) is 11.9 Å². The first-order valence-electron chi connectivity index (χ1n) is 6.97. The Hall–Kier alpha value is -2.01. The first kappa shape index (κ1) is 15.4. The molecule has 0 fully saturated rings. The van der Waals surface area contributed by atoms with Crippen LogP contribution in [0.5, 0.6) is 0 Å². The van der Waals surface area contributed by atoms with Crippen LogP contribution < -0.4 is 0 Å². The number of hydrogen-bond donors (Lipinski definition) is 0. The van der Waals surface area contributed by atoms with Crippen molar-refractivity contribution in [1.29, 1.82) is 0 Å². The summed E-state index contributed by atoms with van der Waals surface area (Å²) in [5.41, 5.74) is 0. The maximum absolute atomic E-state index is 12.2. The molecule has 1 amide bonds. The topological polar surface area (TPSA) is 49.8 Å². The number of amides is 1. The second kappa shape index (κ2) is 6.63. The zero-order chi connectivity index (χ0) is 15.4. The van der Waals surface area contributed by atoms with E-state index in [1.165, 1.54) is 0 Å². The van der Waals surface area contributed by atoms with Crippen LogP contribution in [-0.4, -0.2) is 36.3 Å². The summed E-state index contributed by atoms with van der Waals surface area (Å²) in [4.78, 5) is 15.8. The van der Waals surface area contributed by atoms with E-state index in [9.17, 15) is 4.79 Å². The number of hydrogen-bond acceptors (Lipinski definition) is 4. The fraction of sp³-hybridized carbons (Fsp3) is 0.438. The minimum Gasteiger partial charge on any atom is -0.465 e. The van der Waals surface area contributed by atoms with Crippen LogP contribution in [0.25, 0.3) is 0 Å². The number of furan rings is 2. The first-order chi connectivity index (χ1) is 9.94. The SMILES string of the molecule is Cc1ccc(CN(C)CC(=O)N(C)Cc2ccc(C)o2)o1. The summed E-state index contributed by atoms with van der Waals surface area (Å²) in [7, 11) is 3.69. The molecule has 0 saturated carbocycles. The lowest BCUT2D eigenvalue weighted by Gasteiger charge is -2.20. The van der Waals surface area contributed by atoms with E-state index in [1.807, 2.05) is 50.1 Å². The Morgan fingerprint density at radius 1 is 0.952 bits per heavy atom. The van der Waals surface area contributed by atoms with Crippen molar-refractivity contribution in [3.05, 3.63) is 47.3 Å². The fourth-order valence-corrected chi connectivity index (χ4v) is 2.14. The van der Waals surface area contributed by atoms with Crippen molar-refractivity contribution in [2.75, 3.05) is 20.6 Å². The van der Waals surface area contributed by atoms with Gasteiger partial charge in [0.25, 0.3) is 0 Å². The van der Waals surface area contributed by atoms with Crippen LogP contribution in [0.1, 0.15) is 23.0 Å². The fourth-order valence-electron chi connectivity index (χ4n) is 2.14. The van der Waals surface area contributed by atoms with Gasteiger partial charge in [0, 0.05) is 7.05 Å². The molecule has 114 valence electrons. The van der Waals surface area contributed by atoms with E-state index in [4.69, 9.17) is 8.83 Å². The monoisotopic (exact) mass is 290 g/mol. The molecule has 0 bridgehead atoms. The normalized spacial score (nSPS) is 11.1. The van der Waals surface area contributed by atoms with Gasteiger partial charge in [0.1, 0.15) is 23.0 Å². The van der Waals surface area contributed by atoms with Gasteiger partial charge in [-0.05, 0) is 45.2 Å². The van der Waals surface area contributed by atoms with E-state index in [0.29, 0.717) is 19.6 Å². The van der Waals surface area contributed by atoms with Crippen molar-refractivity contribution >= 4 is 5.91 Å². The highest BCUT2D eigenvalue weighted by molar-refractivity contribution is 5.77. The quantitative estimate of drug-likeness (QED) is 0.820. The summed E-state index contributed by atoms with van der Waals surface area (Å²) in [6, 6.07) is 7.66. The average molecular weight is 290 g/mol. The number of carbonyl (C=O) groups is 1. The lowest BCUT2D eigenvalue weighted by atomic mass is 10.3. The van der Waals surface area contributed by atoms with E-state index in [-0.39, 0.29) is 5.91 Å². The van der Waals surface area contributed by atoms with E-state index in [2.05, 4.69) is 0 Å². The Morgan fingerprint density at radius 2 is 1.48 bits per heavy atom. The summed E-state index contributed by atoms with van der Waals surface area (Å²) < 4.78 is 11.0. The van der Waals surface area contributed by atoms with Crippen LogP contribution in [0.3, 0.4) is 0 Å². The first-order valence-corrected chi connectivity index (χ1v) is 6.97. The highest BCUT2D eigenvalue weighted by atomic mass is 16.3. The van der Waals surface area contributed by atoms with Crippen molar-refractivity contribution < 1.29 is 13.6 Å². The third kappa shape index (κ3) is 4.49. The van der Waals surface area contributed by atoms with Crippen molar-refractivity contribution in [1.82, 2.24) is 9.80 Å². The van der Waals surface area contributed by atoms with E-state index < -0.39 is 0 Å². The number of likely N-dealkylation sites (N-methyl/N-ethyl adjacent to an activating group) is 2. The molecule has 2 aromatic rings. The van der Waals surface area contributed by atoms with Gasteiger partial charge < -0.3 is 13.7 Å². The molecule has 5 heteroatoms. The predicted molar refractivity (Wildman–Crippen MR) is 79.7 cm³/mol. The molecular weight excluding hydrogens is 268 g/mol. The second-order valence-electron chi connectivity index (χ2n) is 5.45. The van der Waals surface area contributed by atoms with Crippen LogP contribution in [-0.2, 0) is 17.9 Å². The molecule has 0 aromatic carbocycles. The summed E-state index contributed by atoms with van der Waals surface area (Å²) in [5.74, 6) is 3.46. The van der Waals surface area contributed by atoms with Gasteiger partial charge in [-0.25, -0.2) is 0 Å². The lowest BCUT2D eigenvalue weighted by molar-refractivity contribution is -0.131. The zero-order valence-corrected chi connectivity index (χ0v) is 13.0. The van der Waals surface area contributed by atoms with Gasteiger partial charge >= 0.3 is 0 Å². The molecule has 0 radical (unpaired) electrons. The summed E-state index contributed by atoms with van der Waals surface area (Å²) in [6.07, 6.45) is 0. The second-order valence-corrected chi connectivity index (χ2v) is 5.45. The highest BCUT2D eigenvalue weighted by Gasteiger charge is 2.14. The highest BCUT2D eigenvalue weighted by Crippen LogP contribution is 2.10. The molecule has 2 heterocycles. The van der Waals surface area contributed by atoms with Crippen LogP contribution in [0.4, 0.5) is 0 Å². The number of carbonyl (C=O) groups excluding carboxylic acids is 1. The summed E-state index contributed by atoms with van der Waals surface area (Å²) in [6.45, 7) is 5.25. The van der Waals surface area contributed by atoms with Crippen molar-refractivity contribution in [3.8, 4) is 0 Å². The molecule has 0 aliphatic heterocycles. The number of rotatable bonds is 6. The molecule has 0 unspecified atom stereocenters. The maximum Gasteiger partial charge on any atom is 0.236 e. The molecular formula is C16H22N2O3. The maximum atomic E-state index is 12.2. The zero-order valence-electron chi connectivity index (χ0n) is 13.0. The molecule has 0 N–H and O–H groups in total. The molecule has 0 spiro atoms. The van der Waals surface area contributed by atoms with Gasteiger partial charge in [0.05, 0.1) is 19.6 Å². The predicted octanol–water partition coefficient (Wildman–Crippen LogP) is 2.58. The van der Waals surface area contributed by atoms with E-state index in [0.717, 1.165) is 23.0 Å². The summed E-state index contributed by atoms with van der Waals surface area (Å²) in [5, 5.41) is 0. The molecule has 5 nitrogen and oxygen atoms in total. The van der Waals surface area contributed by atoms with Crippen molar-refractivity contribution in [3.63, 3.8) is 0 Å². The minimum absolute atomic E-state index is 0.0508. The lowest BCUT2D eigenvalue weighted by Crippen LogP contribution is -2.35. The van der Waals surface area contributed by atoms with Crippen molar-refractivity contribution in [2.24, 2.45) is 0 Å². The molecule has 0 saturated heterocycles. The average Bonchev–Trinajstić information content (AvgIpc) is 2.98. The largest absolute Gasteiger partial charge is 0.465 e. The standard InChI is InChI=1S/C16H22N2O3/c1-12-5-7-14(20-12)9-17(3)11-16(19)18(4)10-15-8-6-13(2)21-15/h5-8H,9-11H2,1-4H3. The van der Waals surface area contributed by atoms with Gasteiger partial charge in [-0.15, -0.1) is 0 Å². The van der Waals surface area contributed by atoms with Crippen LogP contribution >= 0.6 is 0 Å². The molecule has 0 atom stereocenters. The smallest absolute Gasteiger partial charge is 0.236 e. The molecule has 0 aliphatic carbocycles.